The Labute approximate surface area is 220 Å². The summed E-state index contributed by atoms with van der Waals surface area (Å²) in [5, 5.41) is 6.21. The number of fused-ring (bicyclic) bond motifs is 2. The zero-order valence-corrected chi connectivity index (χ0v) is 21.9. The maximum atomic E-state index is 13.4. The van der Waals surface area contributed by atoms with E-state index < -0.39 is 5.97 Å². The van der Waals surface area contributed by atoms with Crippen LogP contribution in [-0.2, 0) is 4.79 Å². The number of nitrogens with zero attached hydrogens (tertiary/aromatic N) is 3. The monoisotopic (exact) mass is 613 g/mol. The van der Waals surface area contributed by atoms with Crippen LogP contribution in [0.3, 0.4) is 0 Å². The van der Waals surface area contributed by atoms with E-state index in [2.05, 4.69) is 41.9 Å². The number of para-hydroxylation sites is 1. The number of carbonyl (C=O) groups excluding carboxylic acids is 1. The SMILES string of the molecule is CC(=O)Oc1c(Br)cc(C=Nn2c(-c3cc4cc(Cl)ccc4o3)nc3ccccc3c2=O)cc1Br. The predicted octanol–water partition coefficient (Wildman–Crippen LogP) is 6.80. The first-order chi connectivity index (χ1) is 16.8. The predicted molar refractivity (Wildman–Crippen MR) is 142 cm³/mol. The Morgan fingerprint density at radius 1 is 1.11 bits per heavy atom. The van der Waals surface area contributed by atoms with E-state index in [1.165, 1.54) is 17.8 Å². The van der Waals surface area contributed by atoms with E-state index in [1.807, 2.05) is 6.07 Å². The number of rotatable bonds is 4. The topological polar surface area (TPSA) is 86.7 Å². The minimum Gasteiger partial charge on any atom is -0.453 e. The van der Waals surface area contributed by atoms with Gasteiger partial charge in [0.05, 0.1) is 26.1 Å². The van der Waals surface area contributed by atoms with Gasteiger partial charge in [0.15, 0.2) is 11.5 Å². The van der Waals surface area contributed by atoms with Crippen LogP contribution in [0.2, 0.25) is 5.02 Å². The summed E-state index contributed by atoms with van der Waals surface area (Å²) in [6.07, 6.45) is 1.51. The zero-order chi connectivity index (χ0) is 24.7. The van der Waals surface area contributed by atoms with Gasteiger partial charge < -0.3 is 9.15 Å². The molecule has 0 aliphatic carbocycles. The Morgan fingerprint density at radius 2 is 1.86 bits per heavy atom. The number of aromatic nitrogens is 2. The standard InChI is InChI=1S/C25H14Br2ClN3O4/c1-13(32)34-23-18(26)8-14(9-19(23)27)12-29-31-24(30-20-5-3-2-4-17(20)25(31)33)22-11-15-10-16(28)6-7-21(15)35-22/h2-12H,1H3. The molecule has 2 aromatic heterocycles. The third kappa shape index (κ3) is 4.67. The number of carbonyl (C=O) groups is 1. The minimum atomic E-state index is -0.446. The summed E-state index contributed by atoms with van der Waals surface area (Å²) in [6, 6.07) is 17.5. The van der Waals surface area contributed by atoms with Gasteiger partial charge in [-0.25, -0.2) is 4.98 Å². The highest BCUT2D eigenvalue weighted by Gasteiger charge is 2.17. The maximum Gasteiger partial charge on any atom is 0.308 e. The van der Waals surface area contributed by atoms with Crippen LogP contribution >= 0.6 is 43.5 Å². The van der Waals surface area contributed by atoms with Crippen LogP contribution in [0.1, 0.15) is 12.5 Å². The highest BCUT2D eigenvalue weighted by molar-refractivity contribution is 9.11. The Morgan fingerprint density at radius 3 is 2.60 bits per heavy atom. The Kier molecular flexibility index (Phi) is 6.31. The van der Waals surface area contributed by atoms with E-state index >= 15 is 0 Å². The summed E-state index contributed by atoms with van der Waals surface area (Å²) >= 11 is 12.9. The smallest absolute Gasteiger partial charge is 0.308 e. The maximum absolute atomic E-state index is 13.4. The third-order valence-electron chi connectivity index (χ3n) is 5.04. The van der Waals surface area contributed by atoms with Crippen LogP contribution in [0.25, 0.3) is 33.5 Å². The fourth-order valence-corrected chi connectivity index (χ4v) is 5.10. The molecule has 0 aliphatic heterocycles. The third-order valence-corrected chi connectivity index (χ3v) is 6.45. The molecule has 0 saturated heterocycles. The Balaban J connectivity index is 1.67. The van der Waals surface area contributed by atoms with Crippen molar-refractivity contribution >= 4 is 77.5 Å². The van der Waals surface area contributed by atoms with Crippen molar-refractivity contribution in [3.05, 3.63) is 90.5 Å². The molecular weight excluding hydrogens is 602 g/mol. The van der Waals surface area contributed by atoms with Crippen molar-refractivity contribution in [2.24, 2.45) is 5.10 Å². The molecule has 0 fully saturated rings. The molecule has 35 heavy (non-hydrogen) atoms. The molecule has 174 valence electrons. The number of esters is 1. The highest BCUT2D eigenvalue weighted by Crippen LogP contribution is 2.35. The molecule has 5 rings (SSSR count). The largest absolute Gasteiger partial charge is 0.453 e. The second kappa shape index (κ2) is 9.41. The van der Waals surface area contributed by atoms with Crippen LogP contribution in [-0.4, -0.2) is 21.8 Å². The summed E-state index contributed by atoms with van der Waals surface area (Å²) in [7, 11) is 0. The van der Waals surface area contributed by atoms with E-state index in [0.29, 0.717) is 47.5 Å². The van der Waals surface area contributed by atoms with Crippen molar-refractivity contribution in [1.82, 2.24) is 9.66 Å². The summed E-state index contributed by atoms with van der Waals surface area (Å²) < 4.78 is 13.5. The molecule has 0 atom stereocenters. The zero-order valence-electron chi connectivity index (χ0n) is 18.0. The van der Waals surface area contributed by atoms with Gasteiger partial charge in [0.25, 0.3) is 5.56 Å². The van der Waals surface area contributed by atoms with E-state index in [-0.39, 0.29) is 11.4 Å². The second-order valence-electron chi connectivity index (χ2n) is 7.51. The molecule has 0 spiro atoms. The van der Waals surface area contributed by atoms with E-state index in [4.69, 9.17) is 20.8 Å². The molecule has 0 aliphatic rings. The molecule has 0 radical (unpaired) electrons. The number of ether oxygens (including phenoxy) is 1. The fraction of sp³-hybridized carbons (Fsp3) is 0.0400. The summed E-state index contributed by atoms with van der Waals surface area (Å²) in [5.41, 5.74) is 1.42. The number of hydrogen-bond acceptors (Lipinski definition) is 6. The van der Waals surface area contributed by atoms with Crippen molar-refractivity contribution in [3.63, 3.8) is 0 Å². The quantitative estimate of drug-likeness (QED) is 0.126. The lowest BCUT2D eigenvalue weighted by molar-refractivity contribution is -0.131. The first kappa shape index (κ1) is 23.5. The van der Waals surface area contributed by atoms with E-state index in [0.717, 1.165) is 5.39 Å². The first-order valence-electron chi connectivity index (χ1n) is 10.2. The van der Waals surface area contributed by atoms with Gasteiger partial charge in [0.2, 0.25) is 5.82 Å². The van der Waals surface area contributed by atoms with Crippen LogP contribution in [0.15, 0.2) is 83.9 Å². The van der Waals surface area contributed by atoms with Gasteiger partial charge in [-0.05, 0) is 86.0 Å². The lowest BCUT2D eigenvalue weighted by Gasteiger charge is -2.09. The van der Waals surface area contributed by atoms with Gasteiger partial charge in [-0.3, -0.25) is 9.59 Å². The molecule has 0 unspecified atom stereocenters. The average molecular weight is 616 g/mol. The Bertz CT molecular complexity index is 1700. The van der Waals surface area contributed by atoms with Crippen molar-refractivity contribution in [3.8, 4) is 17.3 Å². The molecule has 2 heterocycles. The van der Waals surface area contributed by atoms with Gasteiger partial charge >= 0.3 is 5.97 Å². The fourth-order valence-electron chi connectivity index (χ4n) is 3.53. The van der Waals surface area contributed by atoms with Gasteiger partial charge in [-0.2, -0.15) is 9.78 Å². The van der Waals surface area contributed by atoms with Crippen molar-refractivity contribution in [2.75, 3.05) is 0 Å². The van der Waals surface area contributed by atoms with Crippen LogP contribution in [0.4, 0.5) is 0 Å². The molecule has 0 saturated carbocycles. The number of halogens is 3. The number of furan rings is 1. The molecule has 0 bridgehead atoms. The molecule has 10 heteroatoms. The lowest BCUT2D eigenvalue weighted by atomic mass is 10.2. The van der Waals surface area contributed by atoms with Crippen molar-refractivity contribution in [1.29, 1.82) is 0 Å². The van der Waals surface area contributed by atoms with Crippen LogP contribution in [0.5, 0.6) is 5.75 Å². The van der Waals surface area contributed by atoms with Gasteiger partial charge in [0.1, 0.15) is 5.58 Å². The van der Waals surface area contributed by atoms with Gasteiger partial charge in [-0.15, -0.1) is 0 Å². The second-order valence-corrected chi connectivity index (χ2v) is 9.66. The summed E-state index contributed by atoms with van der Waals surface area (Å²) in [5.74, 6) is 0.515. The Hall–Kier alpha value is -3.27. The lowest BCUT2D eigenvalue weighted by Crippen LogP contribution is -2.20. The summed E-state index contributed by atoms with van der Waals surface area (Å²) in [6.45, 7) is 1.32. The van der Waals surface area contributed by atoms with Gasteiger partial charge in [-0.1, -0.05) is 23.7 Å². The molecule has 5 aromatic rings. The van der Waals surface area contributed by atoms with Crippen molar-refractivity contribution < 1.29 is 13.9 Å². The average Bonchev–Trinajstić information content (AvgIpc) is 3.23. The van der Waals surface area contributed by atoms with E-state index in [9.17, 15) is 9.59 Å². The van der Waals surface area contributed by atoms with Crippen LogP contribution < -0.4 is 10.3 Å². The van der Waals surface area contributed by atoms with E-state index in [1.54, 1.807) is 54.6 Å². The highest BCUT2D eigenvalue weighted by atomic mass is 79.9. The van der Waals surface area contributed by atoms with Crippen LogP contribution in [0, 0.1) is 0 Å². The van der Waals surface area contributed by atoms with Crippen molar-refractivity contribution in [2.45, 2.75) is 6.92 Å². The van der Waals surface area contributed by atoms with Gasteiger partial charge in [0, 0.05) is 17.3 Å². The number of hydrogen-bond donors (Lipinski definition) is 0. The molecule has 0 amide bonds. The molecular formula is C25H14Br2ClN3O4. The number of benzene rings is 3. The molecule has 0 N–H and O–H groups in total. The first-order valence-corrected chi connectivity index (χ1v) is 12.2. The summed E-state index contributed by atoms with van der Waals surface area (Å²) in [4.78, 5) is 29.4. The molecule has 3 aromatic carbocycles. The normalized spacial score (nSPS) is 11.5. The molecule has 7 nitrogen and oxygen atoms in total. The minimum absolute atomic E-state index is 0.243.